The fourth-order valence-corrected chi connectivity index (χ4v) is 10.6. The number of aliphatic hydroxyl groups excluding tert-OH is 1. The van der Waals surface area contributed by atoms with Gasteiger partial charge in [-0.3, -0.25) is 24.0 Å². The molecule has 4 rings (SSSR count). The number of aliphatic hydroxyl groups is 2. The standard InChI is InChI=1S/C54H82BrNO14/c1-31-17-13-12-14-18-32(2)44(65-9)29-40-22-20-37(7)54(64,70-40)50(60)51(61)56-24-16-15-19-41(56)53(63)69-45(34(4)27-39-21-23-43(46(28-39)66-10)68-52(62)38(8)55)30-42(57)33(3)26-36(6)48(59)49(67-11)47(58)35(5)25-31/h12-14,17-18,26,31,34-41,43-46,48-49,59,64H,15-16,19-25,27-30H2,1-11H3/b14-12?,17-13?,32-18?,33-26+/t31?,34-,35+,36?,37+,38?,39-,40-,41?,43+,44-,45-,46+,48+,49?,54+/m0/s1. The van der Waals surface area contributed by atoms with Crippen LogP contribution in [-0.4, -0.2) is 138 Å². The molecule has 2 saturated heterocycles. The Kier molecular flexibility index (Phi) is 23.3. The lowest BCUT2D eigenvalue weighted by Gasteiger charge is -2.42. The maximum atomic E-state index is 14.5. The number of alkyl halides is 1. The van der Waals surface area contributed by atoms with Gasteiger partial charge in [0.2, 0.25) is 5.79 Å². The predicted octanol–water partition coefficient (Wildman–Crippen LogP) is 7.51. The molecule has 0 spiro atoms. The van der Waals surface area contributed by atoms with E-state index in [-0.39, 0.29) is 60.8 Å². The summed E-state index contributed by atoms with van der Waals surface area (Å²) in [6.45, 7) is 14.4. The van der Waals surface area contributed by atoms with E-state index in [1.807, 2.05) is 58.1 Å². The number of hydrogen-bond acceptors (Lipinski definition) is 14. The molecule has 3 fully saturated rings. The molecule has 1 aliphatic carbocycles. The molecule has 1 amide bonds. The van der Waals surface area contributed by atoms with E-state index < -0.39 is 88.7 Å². The van der Waals surface area contributed by atoms with Gasteiger partial charge in [0.15, 0.2) is 11.6 Å². The number of carbonyl (C=O) groups excluding carboxylic acids is 6. The Hall–Kier alpha value is -3.38. The maximum Gasteiger partial charge on any atom is 0.329 e. The van der Waals surface area contributed by atoms with Crippen LogP contribution in [0.2, 0.25) is 0 Å². The summed E-state index contributed by atoms with van der Waals surface area (Å²) in [7, 11) is 4.53. The number of carbonyl (C=O) groups is 6. The summed E-state index contributed by atoms with van der Waals surface area (Å²) in [6.07, 6.45) is 11.0. The predicted molar refractivity (Wildman–Crippen MR) is 267 cm³/mol. The molecule has 15 nitrogen and oxygen atoms in total. The van der Waals surface area contributed by atoms with Crippen LogP contribution in [0.25, 0.3) is 0 Å². The first-order valence-electron chi connectivity index (χ1n) is 25.4. The number of ketones is 3. The van der Waals surface area contributed by atoms with Gasteiger partial charge < -0.3 is 43.5 Å². The lowest BCUT2D eigenvalue weighted by molar-refractivity contribution is -0.265. The molecule has 394 valence electrons. The first kappa shape index (κ1) is 59.2. The van der Waals surface area contributed by atoms with Crippen molar-refractivity contribution in [3.05, 3.63) is 47.6 Å². The van der Waals surface area contributed by atoms with Crippen molar-refractivity contribution in [2.75, 3.05) is 27.9 Å². The summed E-state index contributed by atoms with van der Waals surface area (Å²) < 4.78 is 35.5. The second kappa shape index (κ2) is 27.6. The SMILES string of the molecule is COC1C(=O)[C@H](C)CC(C)C=CC=CC=C(C)[C@@H](OC)C[C@@H]2CC[C@@H](C)[C@@](O)(O2)C(=O)C(=O)N2CCCCC2C(=O)O[C@H]([C@@H](C)C[C@@H]2CC[C@@H](OC(=O)C(C)Br)[C@H](OC)C2)CC(=O)/C(C)=C/C(C)[C@H]1O. The molecule has 0 aromatic carbocycles. The molecule has 3 heterocycles. The normalized spacial score (nSPS) is 37.1. The second-order valence-electron chi connectivity index (χ2n) is 20.6. The van der Waals surface area contributed by atoms with E-state index in [0.717, 1.165) is 5.57 Å². The molecule has 2 N–H and O–H groups in total. The van der Waals surface area contributed by atoms with Gasteiger partial charge in [0.05, 0.1) is 24.4 Å². The van der Waals surface area contributed by atoms with Gasteiger partial charge in [-0.1, -0.05) is 87.0 Å². The highest BCUT2D eigenvalue weighted by Gasteiger charge is 2.53. The van der Waals surface area contributed by atoms with Crippen LogP contribution >= 0.6 is 15.9 Å². The third-order valence-electron chi connectivity index (χ3n) is 15.1. The van der Waals surface area contributed by atoms with Crippen molar-refractivity contribution in [2.24, 2.45) is 35.5 Å². The van der Waals surface area contributed by atoms with Crippen LogP contribution in [0.1, 0.15) is 132 Å². The fourth-order valence-electron chi connectivity index (χ4n) is 10.5. The molecule has 0 radical (unpaired) electrons. The molecule has 70 heavy (non-hydrogen) atoms. The van der Waals surface area contributed by atoms with Crippen molar-refractivity contribution in [2.45, 2.75) is 192 Å². The molecule has 5 unspecified atom stereocenters. The summed E-state index contributed by atoms with van der Waals surface area (Å²) in [5.41, 5.74) is 1.17. The number of Topliss-reactive ketones (excluding diaryl/α,β-unsaturated/α-hetero) is 3. The first-order chi connectivity index (χ1) is 33.1. The van der Waals surface area contributed by atoms with Gasteiger partial charge in [0.1, 0.15) is 29.2 Å². The number of nitrogens with zero attached hydrogens (tertiary/aromatic N) is 1. The zero-order valence-electron chi connectivity index (χ0n) is 43.4. The minimum Gasteiger partial charge on any atom is -0.460 e. The van der Waals surface area contributed by atoms with Crippen LogP contribution in [0.15, 0.2) is 47.6 Å². The van der Waals surface area contributed by atoms with E-state index in [2.05, 4.69) is 15.9 Å². The highest BCUT2D eigenvalue weighted by Crippen LogP contribution is 2.38. The molecular formula is C54H82BrNO14. The summed E-state index contributed by atoms with van der Waals surface area (Å²) in [5, 5.41) is 23.5. The van der Waals surface area contributed by atoms with Gasteiger partial charge in [-0.15, -0.1) is 0 Å². The average molecular weight is 1050 g/mol. The van der Waals surface area contributed by atoms with E-state index in [0.29, 0.717) is 69.8 Å². The Morgan fingerprint density at radius 2 is 1.60 bits per heavy atom. The summed E-state index contributed by atoms with van der Waals surface area (Å²) in [6, 6.07) is -1.17. The smallest absolute Gasteiger partial charge is 0.329 e. The zero-order chi connectivity index (χ0) is 52.0. The van der Waals surface area contributed by atoms with E-state index in [1.54, 1.807) is 48.0 Å². The third-order valence-corrected chi connectivity index (χ3v) is 15.4. The van der Waals surface area contributed by atoms with Crippen LogP contribution in [-0.2, 0) is 57.2 Å². The van der Waals surface area contributed by atoms with Crippen molar-refractivity contribution < 1.29 is 67.4 Å². The number of halogens is 1. The van der Waals surface area contributed by atoms with E-state index in [4.69, 9.17) is 28.4 Å². The van der Waals surface area contributed by atoms with Crippen molar-refractivity contribution in [3.8, 4) is 0 Å². The van der Waals surface area contributed by atoms with Crippen molar-refractivity contribution in [1.29, 1.82) is 0 Å². The van der Waals surface area contributed by atoms with Gasteiger partial charge in [0.25, 0.3) is 11.7 Å². The molecule has 0 aromatic rings. The zero-order valence-corrected chi connectivity index (χ0v) is 45.0. The second-order valence-corrected chi connectivity index (χ2v) is 22.0. The number of hydrogen-bond donors (Lipinski definition) is 2. The Labute approximate surface area is 424 Å². The van der Waals surface area contributed by atoms with E-state index in [9.17, 15) is 39.0 Å². The van der Waals surface area contributed by atoms with Crippen LogP contribution in [0.5, 0.6) is 0 Å². The van der Waals surface area contributed by atoms with Crippen molar-refractivity contribution >= 4 is 51.1 Å². The minimum atomic E-state index is -2.45. The highest BCUT2D eigenvalue weighted by atomic mass is 79.9. The number of ether oxygens (including phenoxy) is 6. The highest BCUT2D eigenvalue weighted by molar-refractivity contribution is 9.10. The number of fused-ring (bicyclic) bond motifs is 3. The molecule has 0 aromatic heterocycles. The Morgan fingerprint density at radius 1 is 0.886 bits per heavy atom. The lowest BCUT2D eigenvalue weighted by Crippen LogP contribution is -2.61. The largest absolute Gasteiger partial charge is 0.460 e. The molecule has 16 heteroatoms. The molecule has 1 saturated carbocycles. The number of methoxy groups -OCH3 is 3. The van der Waals surface area contributed by atoms with Gasteiger partial charge in [-0.2, -0.15) is 0 Å². The van der Waals surface area contributed by atoms with Crippen LogP contribution in [0.4, 0.5) is 0 Å². The van der Waals surface area contributed by atoms with Gasteiger partial charge >= 0.3 is 11.9 Å². The Balaban J connectivity index is 1.70. The third kappa shape index (κ3) is 15.8. The average Bonchev–Trinajstić information content (AvgIpc) is 3.33. The number of cyclic esters (lactones) is 1. The van der Waals surface area contributed by atoms with Crippen LogP contribution < -0.4 is 0 Å². The van der Waals surface area contributed by atoms with Crippen molar-refractivity contribution in [1.82, 2.24) is 4.90 Å². The van der Waals surface area contributed by atoms with Gasteiger partial charge in [-0.25, -0.2) is 4.79 Å². The van der Waals surface area contributed by atoms with Gasteiger partial charge in [-0.05, 0) is 114 Å². The Bertz CT molecular complexity index is 1930. The monoisotopic (exact) mass is 1050 g/mol. The summed E-state index contributed by atoms with van der Waals surface area (Å²) in [5.74, 6) is -8.56. The molecule has 2 bridgehead atoms. The number of piperidine rings is 1. The van der Waals surface area contributed by atoms with Crippen LogP contribution in [0, 0.1) is 35.5 Å². The molecule has 16 atom stereocenters. The van der Waals surface area contributed by atoms with Crippen molar-refractivity contribution in [3.63, 3.8) is 0 Å². The molecule has 4 aliphatic rings. The molecule has 3 aliphatic heterocycles. The number of allylic oxidation sites excluding steroid dienone is 6. The maximum absolute atomic E-state index is 14.5. The first-order valence-corrected chi connectivity index (χ1v) is 26.3. The summed E-state index contributed by atoms with van der Waals surface area (Å²) in [4.78, 5) is 84.2. The fraction of sp³-hybridized carbons (Fsp3) is 0.741. The Morgan fingerprint density at radius 3 is 2.26 bits per heavy atom. The van der Waals surface area contributed by atoms with E-state index in [1.165, 1.54) is 12.0 Å². The number of amides is 1. The topological polar surface area (TPSA) is 201 Å². The minimum absolute atomic E-state index is 0.0109. The van der Waals surface area contributed by atoms with E-state index >= 15 is 0 Å². The molecular weight excluding hydrogens is 966 g/mol. The summed E-state index contributed by atoms with van der Waals surface area (Å²) >= 11 is 3.27. The van der Waals surface area contributed by atoms with Gasteiger partial charge in [0, 0.05) is 58.5 Å². The van der Waals surface area contributed by atoms with Crippen LogP contribution in [0.3, 0.4) is 0 Å². The number of rotatable bonds is 8. The number of esters is 2. The lowest BCUT2D eigenvalue weighted by atomic mass is 9.78. The quantitative estimate of drug-likeness (QED) is 0.137.